The van der Waals surface area contributed by atoms with E-state index in [0.29, 0.717) is 12.1 Å². The van der Waals surface area contributed by atoms with Gasteiger partial charge in [0.05, 0.1) is 0 Å². The summed E-state index contributed by atoms with van der Waals surface area (Å²) in [7, 11) is 0. The number of nitrogens with one attached hydrogen (secondary N) is 1. The van der Waals surface area contributed by atoms with Crippen molar-refractivity contribution in [2.75, 3.05) is 0 Å². The van der Waals surface area contributed by atoms with Gasteiger partial charge in [0, 0.05) is 28.3 Å². The molecule has 0 aliphatic heterocycles. The van der Waals surface area contributed by atoms with E-state index in [-0.39, 0.29) is 0 Å². The van der Waals surface area contributed by atoms with Gasteiger partial charge in [0.25, 0.3) is 0 Å². The normalized spacial score (nSPS) is 18.2. The average molecular weight is 247 g/mol. The molecule has 0 fully saturated rings. The SMILES string of the molecule is C#CCC(C)NC(C)c1cc2c(s1)CCCC2. The van der Waals surface area contributed by atoms with Crippen LogP contribution in [0.25, 0.3) is 0 Å². The van der Waals surface area contributed by atoms with Crippen molar-refractivity contribution in [2.24, 2.45) is 0 Å². The van der Waals surface area contributed by atoms with Gasteiger partial charge in [-0.05, 0) is 51.2 Å². The molecule has 2 rings (SSSR count). The van der Waals surface area contributed by atoms with Crippen LogP contribution in [0.2, 0.25) is 0 Å². The fraction of sp³-hybridized carbons (Fsp3) is 0.600. The van der Waals surface area contributed by atoms with E-state index in [1.165, 1.54) is 30.6 Å². The Balaban J connectivity index is 2.02. The quantitative estimate of drug-likeness (QED) is 0.800. The predicted molar refractivity (Wildman–Crippen MR) is 75.4 cm³/mol. The van der Waals surface area contributed by atoms with E-state index in [1.54, 1.807) is 10.4 Å². The first kappa shape index (κ1) is 12.7. The molecule has 92 valence electrons. The molecule has 1 aliphatic rings. The zero-order valence-corrected chi connectivity index (χ0v) is 11.6. The monoisotopic (exact) mass is 247 g/mol. The minimum Gasteiger partial charge on any atom is -0.306 e. The molecule has 2 unspecified atom stereocenters. The molecule has 0 aromatic carbocycles. The Kier molecular flexibility index (Phi) is 4.25. The van der Waals surface area contributed by atoms with E-state index in [2.05, 4.69) is 31.2 Å². The lowest BCUT2D eigenvalue weighted by atomic mass is 9.99. The van der Waals surface area contributed by atoms with E-state index in [9.17, 15) is 0 Å². The molecule has 1 aliphatic carbocycles. The van der Waals surface area contributed by atoms with Crippen LogP contribution in [0.4, 0.5) is 0 Å². The van der Waals surface area contributed by atoms with Crippen LogP contribution >= 0.6 is 11.3 Å². The standard InChI is InChI=1S/C15H21NS/c1-4-7-11(2)16-12(3)15-10-13-8-5-6-9-14(13)17-15/h1,10-12,16H,5-9H2,2-3H3. The number of terminal acetylenes is 1. The zero-order chi connectivity index (χ0) is 12.3. The van der Waals surface area contributed by atoms with Gasteiger partial charge in [-0.3, -0.25) is 0 Å². The number of hydrogen-bond acceptors (Lipinski definition) is 2. The molecular formula is C15H21NS. The molecule has 2 heteroatoms. The van der Waals surface area contributed by atoms with Gasteiger partial charge in [0.1, 0.15) is 0 Å². The van der Waals surface area contributed by atoms with Gasteiger partial charge in [-0.2, -0.15) is 0 Å². The summed E-state index contributed by atoms with van der Waals surface area (Å²) in [5.74, 6) is 2.71. The molecule has 2 atom stereocenters. The molecule has 0 bridgehead atoms. The van der Waals surface area contributed by atoms with Crippen molar-refractivity contribution in [3.63, 3.8) is 0 Å². The Morgan fingerprint density at radius 1 is 1.41 bits per heavy atom. The third kappa shape index (κ3) is 3.12. The predicted octanol–water partition coefficient (Wildman–Crippen LogP) is 3.69. The largest absolute Gasteiger partial charge is 0.306 e. The van der Waals surface area contributed by atoms with Crippen molar-refractivity contribution in [1.82, 2.24) is 5.32 Å². The lowest BCUT2D eigenvalue weighted by Gasteiger charge is -2.17. The van der Waals surface area contributed by atoms with Crippen molar-refractivity contribution in [1.29, 1.82) is 0 Å². The van der Waals surface area contributed by atoms with Gasteiger partial charge in [0.2, 0.25) is 0 Å². The van der Waals surface area contributed by atoms with Crippen LogP contribution in [-0.2, 0) is 12.8 Å². The second-order valence-electron chi connectivity index (χ2n) is 5.00. The van der Waals surface area contributed by atoms with Gasteiger partial charge < -0.3 is 5.32 Å². The minimum absolute atomic E-state index is 0.397. The van der Waals surface area contributed by atoms with E-state index in [1.807, 2.05) is 11.3 Å². The molecular weight excluding hydrogens is 226 g/mol. The lowest BCUT2D eigenvalue weighted by Crippen LogP contribution is -2.27. The van der Waals surface area contributed by atoms with Crippen molar-refractivity contribution >= 4 is 11.3 Å². The summed E-state index contributed by atoms with van der Waals surface area (Å²) in [4.78, 5) is 3.09. The van der Waals surface area contributed by atoms with Crippen molar-refractivity contribution in [3.8, 4) is 12.3 Å². The average Bonchev–Trinajstić information content (AvgIpc) is 2.72. The van der Waals surface area contributed by atoms with Crippen LogP contribution in [0.3, 0.4) is 0 Å². The Bertz CT molecular complexity index is 390. The molecule has 1 nitrogen and oxygen atoms in total. The highest BCUT2D eigenvalue weighted by Gasteiger charge is 2.17. The first-order valence-electron chi connectivity index (χ1n) is 6.51. The lowest BCUT2D eigenvalue weighted by molar-refractivity contribution is 0.491. The summed E-state index contributed by atoms with van der Waals surface area (Å²) in [6, 6.07) is 3.22. The van der Waals surface area contributed by atoms with Crippen molar-refractivity contribution in [3.05, 3.63) is 21.4 Å². The molecule has 1 heterocycles. The molecule has 1 aromatic heterocycles. The van der Waals surface area contributed by atoms with E-state index >= 15 is 0 Å². The third-order valence-corrected chi connectivity index (χ3v) is 4.82. The smallest absolute Gasteiger partial charge is 0.0388 e. The molecule has 0 radical (unpaired) electrons. The number of thiophene rings is 1. The topological polar surface area (TPSA) is 12.0 Å². The van der Waals surface area contributed by atoms with Crippen LogP contribution in [0, 0.1) is 12.3 Å². The molecule has 0 amide bonds. The Morgan fingerprint density at radius 3 is 2.88 bits per heavy atom. The van der Waals surface area contributed by atoms with E-state index in [4.69, 9.17) is 6.42 Å². The number of rotatable bonds is 4. The van der Waals surface area contributed by atoms with Crippen LogP contribution in [0.15, 0.2) is 6.07 Å². The Labute approximate surface area is 109 Å². The highest BCUT2D eigenvalue weighted by Crippen LogP contribution is 2.32. The van der Waals surface area contributed by atoms with E-state index in [0.717, 1.165) is 6.42 Å². The first-order chi connectivity index (χ1) is 8.20. The van der Waals surface area contributed by atoms with Crippen LogP contribution in [0.5, 0.6) is 0 Å². The summed E-state index contributed by atoms with van der Waals surface area (Å²) in [6.07, 6.45) is 11.4. The van der Waals surface area contributed by atoms with Gasteiger partial charge in [-0.25, -0.2) is 0 Å². The summed E-state index contributed by atoms with van der Waals surface area (Å²) >= 11 is 1.99. The fourth-order valence-corrected chi connectivity index (χ4v) is 3.74. The van der Waals surface area contributed by atoms with Gasteiger partial charge in [-0.15, -0.1) is 23.7 Å². The maximum Gasteiger partial charge on any atom is 0.0388 e. The minimum atomic E-state index is 0.397. The number of hydrogen-bond donors (Lipinski definition) is 1. The molecule has 1 N–H and O–H groups in total. The molecule has 0 saturated carbocycles. The van der Waals surface area contributed by atoms with Crippen LogP contribution in [-0.4, -0.2) is 6.04 Å². The van der Waals surface area contributed by atoms with Crippen LogP contribution < -0.4 is 5.32 Å². The summed E-state index contributed by atoms with van der Waals surface area (Å²) < 4.78 is 0. The second-order valence-corrected chi connectivity index (χ2v) is 6.17. The van der Waals surface area contributed by atoms with Gasteiger partial charge in [0.15, 0.2) is 0 Å². The zero-order valence-electron chi connectivity index (χ0n) is 10.8. The Hall–Kier alpha value is -0.780. The van der Waals surface area contributed by atoms with Crippen LogP contribution in [0.1, 0.15) is 54.5 Å². The second kappa shape index (κ2) is 5.71. The highest BCUT2D eigenvalue weighted by molar-refractivity contribution is 7.12. The fourth-order valence-electron chi connectivity index (χ4n) is 2.47. The third-order valence-electron chi connectivity index (χ3n) is 3.40. The number of aryl methyl sites for hydroxylation is 2. The molecule has 0 saturated heterocycles. The highest BCUT2D eigenvalue weighted by atomic mass is 32.1. The van der Waals surface area contributed by atoms with Crippen molar-refractivity contribution < 1.29 is 0 Å². The maximum absolute atomic E-state index is 5.34. The van der Waals surface area contributed by atoms with E-state index < -0.39 is 0 Å². The van der Waals surface area contributed by atoms with Gasteiger partial charge in [-0.1, -0.05) is 0 Å². The van der Waals surface area contributed by atoms with Gasteiger partial charge >= 0.3 is 0 Å². The molecule has 17 heavy (non-hydrogen) atoms. The van der Waals surface area contributed by atoms with Crippen molar-refractivity contribution in [2.45, 2.75) is 58.0 Å². The maximum atomic E-state index is 5.34. The Morgan fingerprint density at radius 2 is 2.18 bits per heavy atom. The summed E-state index contributed by atoms with van der Waals surface area (Å²) in [6.45, 7) is 4.40. The first-order valence-corrected chi connectivity index (χ1v) is 7.33. The summed E-state index contributed by atoms with van der Waals surface area (Å²) in [5, 5.41) is 3.57. The molecule has 1 aromatic rings. The number of fused-ring (bicyclic) bond motifs is 1. The summed E-state index contributed by atoms with van der Waals surface area (Å²) in [5.41, 5.74) is 1.59. The molecule has 0 spiro atoms.